The molecule has 0 amide bonds. The third-order valence-corrected chi connectivity index (χ3v) is 4.32. The molecule has 0 saturated carbocycles. The highest BCUT2D eigenvalue weighted by molar-refractivity contribution is 6.43. The second kappa shape index (κ2) is 8.43. The molecule has 2 rings (SSSR count). The van der Waals surface area contributed by atoms with Gasteiger partial charge in [0.25, 0.3) is 5.69 Å². The van der Waals surface area contributed by atoms with Crippen molar-refractivity contribution in [1.29, 1.82) is 0 Å². The summed E-state index contributed by atoms with van der Waals surface area (Å²) in [5.74, 6) is -2.15. The first-order valence-corrected chi connectivity index (χ1v) is 8.14. The van der Waals surface area contributed by atoms with Crippen LogP contribution in [0.25, 0.3) is 0 Å². The first-order valence-electron chi connectivity index (χ1n) is 7.01. The van der Waals surface area contributed by atoms with Crippen LogP contribution in [-0.2, 0) is 9.47 Å². The van der Waals surface area contributed by atoms with Crippen molar-refractivity contribution in [2.45, 2.75) is 0 Å². The van der Waals surface area contributed by atoms with Gasteiger partial charge in [-0.3, -0.25) is 10.1 Å². The number of carbonyl (C=O) groups is 2. The van der Waals surface area contributed by atoms with Crippen molar-refractivity contribution < 1.29 is 28.7 Å². The van der Waals surface area contributed by atoms with E-state index in [0.717, 1.165) is 26.4 Å². The average molecular weight is 435 g/mol. The van der Waals surface area contributed by atoms with E-state index >= 15 is 0 Å². The van der Waals surface area contributed by atoms with Crippen LogP contribution in [0.15, 0.2) is 24.3 Å². The van der Waals surface area contributed by atoms with Crippen LogP contribution in [0, 0.1) is 10.1 Å². The Bertz CT molecular complexity index is 946. The maximum absolute atomic E-state index is 12.0. The summed E-state index contributed by atoms with van der Waals surface area (Å²) >= 11 is 17.8. The fraction of sp³-hybridized carbons (Fsp3) is 0.125. The van der Waals surface area contributed by atoms with Crippen molar-refractivity contribution in [3.63, 3.8) is 0 Å². The van der Waals surface area contributed by atoms with Gasteiger partial charge in [-0.05, 0) is 6.07 Å². The van der Waals surface area contributed by atoms with Crippen molar-refractivity contribution in [3.05, 3.63) is 60.6 Å². The normalized spacial score (nSPS) is 10.3. The molecule has 0 heterocycles. The fourth-order valence-corrected chi connectivity index (χ4v) is 2.62. The first kappa shape index (κ1) is 20.8. The number of rotatable bonds is 5. The Hall–Kier alpha value is -2.55. The number of nitrogens with zero attached hydrogens (tertiary/aromatic N) is 1. The lowest BCUT2D eigenvalue weighted by Gasteiger charge is -2.13. The molecule has 0 aliphatic heterocycles. The number of nitro groups is 1. The summed E-state index contributed by atoms with van der Waals surface area (Å²) in [7, 11) is 2.13. The van der Waals surface area contributed by atoms with E-state index in [1.165, 1.54) is 12.1 Å². The largest absolute Gasteiger partial charge is 0.465 e. The van der Waals surface area contributed by atoms with Crippen LogP contribution in [0.2, 0.25) is 15.1 Å². The minimum atomic E-state index is -0.997. The van der Waals surface area contributed by atoms with Gasteiger partial charge in [0, 0.05) is 18.2 Å². The number of nitro benzene ring substituents is 1. The van der Waals surface area contributed by atoms with E-state index in [2.05, 4.69) is 9.47 Å². The third kappa shape index (κ3) is 4.41. The SMILES string of the molecule is COC(=O)c1cc([N+](=O)[O-])c(C(=O)OC)cc1Oc1cc(Cl)c(Cl)cc1Cl. The van der Waals surface area contributed by atoms with Crippen molar-refractivity contribution in [3.8, 4) is 11.5 Å². The molecule has 0 N–H and O–H groups in total. The monoisotopic (exact) mass is 433 g/mol. The topological polar surface area (TPSA) is 105 Å². The van der Waals surface area contributed by atoms with E-state index in [9.17, 15) is 19.7 Å². The molecule has 8 nitrogen and oxygen atoms in total. The zero-order chi connectivity index (χ0) is 20.3. The summed E-state index contributed by atoms with van der Waals surface area (Å²) in [6.45, 7) is 0. The van der Waals surface area contributed by atoms with E-state index in [1.807, 2.05) is 0 Å². The quantitative estimate of drug-likeness (QED) is 0.284. The highest BCUT2D eigenvalue weighted by atomic mass is 35.5. The molecule has 0 saturated heterocycles. The number of ether oxygens (including phenoxy) is 3. The van der Waals surface area contributed by atoms with Crippen LogP contribution >= 0.6 is 34.8 Å². The van der Waals surface area contributed by atoms with E-state index in [4.69, 9.17) is 39.5 Å². The molecule has 0 aliphatic carbocycles. The minimum Gasteiger partial charge on any atom is -0.465 e. The molecule has 0 unspecified atom stereocenters. The van der Waals surface area contributed by atoms with Gasteiger partial charge < -0.3 is 14.2 Å². The number of carbonyl (C=O) groups excluding carboxylic acids is 2. The van der Waals surface area contributed by atoms with Gasteiger partial charge in [0.15, 0.2) is 0 Å². The smallest absolute Gasteiger partial charge is 0.345 e. The number of esters is 2. The van der Waals surface area contributed by atoms with E-state index in [0.29, 0.717) is 0 Å². The molecular weight excluding hydrogens is 425 g/mol. The zero-order valence-corrected chi connectivity index (χ0v) is 16.0. The third-order valence-electron chi connectivity index (χ3n) is 3.30. The average Bonchev–Trinajstić information content (AvgIpc) is 2.64. The van der Waals surface area contributed by atoms with Crippen molar-refractivity contribution in [2.24, 2.45) is 0 Å². The van der Waals surface area contributed by atoms with Gasteiger partial charge in [-0.15, -0.1) is 0 Å². The Labute approximate surface area is 167 Å². The van der Waals surface area contributed by atoms with Crippen LogP contribution in [0.4, 0.5) is 5.69 Å². The highest BCUT2D eigenvalue weighted by Crippen LogP contribution is 2.39. The van der Waals surface area contributed by atoms with Gasteiger partial charge in [-0.2, -0.15) is 0 Å². The molecule has 0 radical (unpaired) electrons. The fourth-order valence-electron chi connectivity index (χ4n) is 2.05. The summed E-state index contributed by atoms with van der Waals surface area (Å²) in [6.07, 6.45) is 0. The molecule has 0 aliphatic rings. The lowest BCUT2D eigenvalue weighted by atomic mass is 10.1. The number of methoxy groups -OCH3 is 2. The Morgan fingerprint density at radius 1 is 0.852 bits per heavy atom. The van der Waals surface area contributed by atoms with Crippen molar-refractivity contribution in [1.82, 2.24) is 0 Å². The van der Waals surface area contributed by atoms with E-state index in [-0.39, 0.29) is 32.1 Å². The minimum absolute atomic E-state index is 0.000823. The maximum Gasteiger partial charge on any atom is 0.345 e. The highest BCUT2D eigenvalue weighted by Gasteiger charge is 2.28. The second-order valence-corrected chi connectivity index (χ2v) is 6.13. The van der Waals surface area contributed by atoms with Crippen LogP contribution in [0.1, 0.15) is 20.7 Å². The van der Waals surface area contributed by atoms with Crippen molar-refractivity contribution in [2.75, 3.05) is 14.2 Å². The van der Waals surface area contributed by atoms with Gasteiger partial charge in [-0.25, -0.2) is 9.59 Å². The molecule has 0 bridgehead atoms. The van der Waals surface area contributed by atoms with Gasteiger partial charge in [0.1, 0.15) is 22.6 Å². The Kier molecular flexibility index (Phi) is 6.48. The van der Waals surface area contributed by atoms with Gasteiger partial charge in [-0.1, -0.05) is 34.8 Å². The number of halogens is 3. The van der Waals surface area contributed by atoms with Crippen LogP contribution < -0.4 is 4.74 Å². The molecule has 0 spiro atoms. The molecule has 11 heteroatoms. The zero-order valence-electron chi connectivity index (χ0n) is 13.7. The van der Waals surface area contributed by atoms with Crippen molar-refractivity contribution >= 4 is 52.4 Å². The molecule has 2 aromatic carbocycles. The van der Waals surface area contributed by atoms with Gasteiger partial charge in [0.05, 0.1) is 34.2 Å². The number of hydrogen-bond donors (Lipinski definition) is 0. The first-order chi connectivity index (χ1) is 12.7. The lowest BCUT2D eigenvalue weighted by molar-refractivity contribution is -0.385. The molecule has 142 valence electrons. The summed E-state index contributed by atoms with van der Waals surface area (Å²) in [5.41, 5.74) is -1.39. The predicted molar refractivity (Wildman–Crippen MR) is 97.3 cm³/mol. The molecule has 0 atom stereocenters. The summed E-state index contributed by atoms with van der Waals surface area (Å²) in [5, 5.41) is 11.6. The molecule has 2 aromatic rings. The predicted octanol–water partition coefficient (Wildman–Crippen LogP) is 4.92. The van der Waals surface area contributed by atoms with Gasteiger partial charge in [0.2, 0.25) is 0 Å². The summed E-state index contributed by atoms with van der Waals surface area (Å²) < 4.78 is 14.7. The van der Waals surface area contributed by atoms with Crippen LogP contribution in [0.5, 0.6) is 11.5 Å². The van der Waals surface area contributed by atoms with Crippen LogP contribution in [-0.4, -0.2) is 31.1 Å². The summed E-state index contributed by atoms with van der Waals surface area (Å²) in [4.78, 5) is 34.4. The van der Waals surface area contributed by atoms with E-state index < -0.39 is 28.1 Å². The molecule has 27 heavy (non-hydrogen) atoms. The Morgan fingerprint density at radius 3 is 1.96 bits per heavy atom. The van der Waals surface area contributed by atoms with Crippen LogP contribution in [0.3, 0.4) is 0 Å². The Balaban J connectivity index is 2.69. The molecule has 0 fully saturated rings. The lowest BCUT2D eigenvalue weighted by Crippen LogP contribution is -2.10. The molecular formula is C16H10Cl3NO7. The summed E-state index contributed by atoms with van der Waals surface area (Å²) in [6, 6.07) is 4.42. The number of hydrogen-bond acceptors (Lipinski definition) is 7. The number of benzene rings is 2. The second-order valence-electron chi connectivity index (χ2n) is 4.90. The maximum atomic E-state index is 12.0. The molecule has 0 aromatic heterocycles. The Morgan fingerprint density at radius 2 is 1.41 bits per heavy atom. The standard InChI is InChI=1S/C16H10Cl3NO7/c1-25-15(21)7-4-13(8(16(22)26-2)3-12(7)20(23)24)27-14-6-10(18)9(17)5-11(14)19/h3-6H,1-2H3. The van der Waals surface area contributed by atoms with E-state index in [1.54, 1.807) is 0 Å². The van der Waals surface area contributed by atoms with Gasteiger partial charge >= 0.3 is 11.9 Å².